The number of fused-ring (bicyclic) bond motifs is 1. The second-order valence-corrected chi connectivity index (χ2v) is 10.1. The van der Waals surface area contributed by atoms with Crippen molar-refractivity contribution in [2.24, 2.45) is 5.92 Å². The highest BCUT2D eigenvalue weighted by Crippen LogP contribution is 2.29. The maximum Gasteiger partial charge on any atom is 0.212 e. The zero-order valence-electron chi connectivity index (χ0n) is 18.2. The molecule has 2 aromatic carbocycles. The van der Waals surface area contributed by atoms with E-state index in [0.29, 0.717) is 0 Å². The van der Waals surface area contributed by atoms with Gasteiger partial charge in [0.25, 0.3) is 0 Å². The summed E-state index contributed by atoms with van der Waals surface area (Å²) in [4.78, 5) is 1.32. The van der Waals surface area contributed by atoms with E-state index in [0.717, 1.165) is 23.2 Å². The quantitative estimate of drug-likeness (QED) is 0.149. The van der Waals surface area contributed by atoms with Gasteiger partial charge in [0.2, 0.25) is 5.52 Å². The van der Waals surface area contributed by atoms with E-state index >= 15 is 0 Å². The SMILES string of the molecule is Clc1ccccc1CSc1cc2ccccc2[n+](CCCCCC2CCCCC2)c1.[I-]. The minimum atomic E-state index is 0. The van der Waals surface area contributed by atoms with Gasteiger partial charge in [-0.25, -0.2) is 0 Å². The second-order valence-electron chi connectivity index (χ2n) is 8.66. The smallest absolute Gasteiger partial charge is 0.212 e. The maximum absolute atomic E-state index is 6.35. The number of thioether (sulfide) groups is 1. The molecule has 0 saturated heterocycles. The zero-order chi connectivity index (χ0) is 20.6. The molecule has 1 saturated carbocycles. The number of benzene rings is 2. The molecule has 1 aliphatic rings. The summed E-state index contributed by atoms with van der Waals surface area (Å²) in [5.41, 5.74) is 2.54. The van der Waals surface area contributed by atoms with Gasteiger partial charge in [-0.15, -0.1) is 11.8 Å². The number of unbranched alkanes of at least 4 members (excludes halogenated alkanes) is 2. The summed E-state index contributed by atoms with van der Waals surface area (Å²) in [6.07, 6.45) is 15.1. The van der Waals surface area contributed by atoms with Crippen molar-refractivity contribution in [3.05, 3.63) is 71.4 Å². The predicted octanol–water partition coefficient (Wildman–Crippen LogP) is 5.22. The topological polar surface area (TPSA) is 3.88 Å². The lowest BCUT2D eigenvalue weighted by molar-refractivity contribution is -0.673. The van der Waals surface area contributed by atoms with E-state index in [2.05, 4.69) is 53.2 Å². The van der Waals surface area contributed by atoms with E-state index in [-0.39, 0.29) is 24.0 Å². The van der Waals surface area contributed by atoms with Gasteiger partial charge in [-0.05, 0) is 36.1 Å². The second kappa shape index (κ2) is 13.1. The molecule has 0 unspecified atom stereocenters. The summed E-state index contributed by atoms with van der Waals surface area (Å²) in [7, 11) is 0. The molecule has 166 valence electrons. The fourth-order valence-corrected chi connectivity index (χ4v) is 5.96. The van der Waals surface area contributed by atoms with Crippen molar-refractivity contribution < 1.29 is 28.5 Å². The summed E-state index contributed by atoms with van der Waals surface area (Å²) >= 11 is 8.23. The zero-order valence-corrected chi connectivity index (χ0v) is 22.0. The van der Waals surface area contributed by atoms with Crippen LogP contribution in [-0.2, 0) is 12.3 Å². The Morgan fingerprint density at radius 1 is 0.903 bits per heavy atom. The number of pyridine rings is 1. The first-order valence-corrected chi connectivity index (χ1v) is 12.9. The van der Waals surface area contributed by atoms with Crippen molar-refractivity contribution in [1.29, 1.82) is 0 Å². The summed E-state index contributed by atoms with van der Waals surface area (Å²) in [6.45, 7) is 1.10. The molecule has 0 spiro atoms. The van der Waals surface area contributed by atoms with Gasteiger partial charge in [0.05, 0.1) is 4.90 Å². The van der Waals surface area contributed by atoms with Crippen LogP contribution in [0.3, 0.4) is 0 Å². The Balaban J connectivity index is 0.00000272. The number of hydrogen-bond acceptors (Lipinski definition) is 1. The van der Waals surface area contributed by atoms with Crippen LogP contribution in [0.1, 0.15) is 63.4 Å². The van der Waals surface area contributed by atoms with E-state index in [1.54, 1.807) is 0 Å². The lowest BCUT2D eigenvalue weighted by Crippen LogP contribution is -3.00. The average Bonchev–Trinajstić information content (AvgIpc) is 2.79. The van der Waals surface area contributed by atoms with Gasteiger partial charge in [-0.2, -0.15) is 4.57 Å². The van der Waals surface area contributed by atoms with E-state index in [9.17, 15) is 0 Å². The highest BCUT2D eigenvalue weighted by Gasteiger charge is 2.14. The number of rotatable bonds is 9. The van der Waals surface area contributed by atoms with E-state index in [1.165, 1.54) is 79.1 Å². The van der Waals surface area contributed by atoms with E-state index < -0.39 is 0 Å². The Morgan fingerprint density at radius 3 is 2.52 bits per heavy atom. The molecule has 31 heavy (non-hydrogen) atoms. The Bertz CT molecular complexity index is 955. The van der Waals surface area contributed by atoms with Gasteiger partial charge in [-0.3, -0.25) is 0 Å². The van der Waals surface area contributed by atoms with Gasteiger partial charge in [0, 0.05) is 28.6 Å². The molecule has 4 heteroatoms. The van der Waals surface area contributed by atoms with Crippen molar-refractivity contribution in [3.63, 3.8) is 0 Å². The molecule has 4 rings (SSSR count). The number of aryl methyl sites for hydroxylation is 1. The molecule has 1 aliphatic carbocycles. The Kier molecular flexibility index (Phi) is 10.5. The Labute approximate surface area is 214 Å². The van der Waals surface area contributed by atoms with Crippen LogP contribution in [0.4, 0.5) is 0 Å². The minimum Gasteiger partial charge on any atom is -1.00 e. The highest BCUT2D eigenvalue weighted by molar-refractivity contribution is 7.98. The fraction of sp³-hybridized carbons (Fsp3) is 0.444. The van der Waals surface area contributed by atoms with Gasteiger partial charge in [-0.1, -0.05) is 86.9 Å². The number of hydrogen-bond donors (Lipinski definition) is 0. The lowest BCUT2D eigenvalue weighted by atomic mass is 9.85. The molecule has 1 nitrogen and oxygen atoms in total. The van der Waals surface area contributed by atoms with Crippen molar-refractivity contribution in [1.82, 2.24) is 0 Å². The first-order chi connectivity index (χ1) is 14.8. The van der Waals surface area contributed by atoms with Gasteiger partial charge in [0.15, 0.2) is 6.20 Å². The van der Waals surface area contributed by atoms with Crippen LogP contribution in [0.25, 0.3) is 10.9 Å². The lowest BCUT2D eigenvalue weighted by Gasteiger charge is -2.21. The molecule has 1 aromatic heterocycles. The molecular weight excluding hydrogens is 533 g/mol. The van der Waals surface area contributed by atoms with Crippen LogP contribution in [-0.4, -0.2) is 0 Å². The maximum atomic E-state index is 6.35. The predicted molar refractivity (Wildman–Crippen MR) is 130 cm³/mol. The van der Waals surface area contributed by atoms with Gasteiger partial charge >= 0.3 is 0 Å². The minimum absolute atomic E-state index is 0. The Morgan fingerprint density at radius 2 is 1.68 bits per heavy atom. The molecule has 0 atom stereocenters. The third-order valence-corrected chi connectivity index (χ3v) is 7.80. The normalized spacial score (nSPS) is 14.5. The summed E-state index contributed by atoms with van der Waals surface area (Å²) in [5.74, 6) is 1.91. The number of para-hydroxylation sites is 1. The van der Waals surface area contributed by atoms with Crippen LogP contribution in [0.5, 0.6) is 0 Å². The van der Waals surface area contributed by atoms with E-state index in [1.807, 2.05) is 23.9 Å². The fourth-order valence-electron chi connectivity index (χ4n) is 4.69. The summed E-state index contributed by atoms with van der Waals surface area (Å²) < 4.78 is 2.46. The van der Waals surface area contributed by atoms with Gasteiger partial charge < -0.3 is 24.0 Å². The first kappa shape index (κ1) is 24.9. The molecular formula is C27H33ClINS. The van der Waals surface area contributed by atoms with E-state index in [4.69, 9.17) is 11.6 Å². The number of halogens is 2. The molecule has 1 fully saturated rings. The third-order valence-electron chi connectivity index (χ3n) is 6.42. The van der Waals surface area contributed by atoms with Crippen LogP contribution in [0.15, 0.2) is 65.7 Å². The summed E-state index contributed by atoms with van der Waals surface area (Å²) in [6, 6.07) is 19.2. The molecule has 0 N–H and O–H groups in total. The molecule has 0 bridgehead atoms. The number of nitrogens with zero attached hydrogens (tertiary/aromatic N) is 1. The van der Waals surface area contributed by atoms with Crippen LogP contribution < -0.4 is 28.5 Å². The molecule has 3 aromatic rings. The third kappa shape index (κ3) is 7.36. The van der Waals surface area contributed by atoms with Gasteiger partial charge in [0.1, 0.15) is 6.54 Å². The average molecular weight is 566 g/mol. The van der Waals surface area contributed by atoms with Crippen LogP contribution in [0, 0.1) is 5.92 Å². The first-order valence-electron chi connectivity index (χ1n) is 11.6. The molecule has 0 radical (unpaired) electrons. The van der Waals surface area contributed by atoms with Crippen LogP contribution >= 0.6 is 23.4 Å². The largest absolute Gasteiger partial charge is 1.00 e. The van der Waals surface area contributed by atoms with Crippen molar-refractivity contribution in [2.75, 3.05) is 0 Å². The number of aromatic nitrogens is 1. The monoisotopic (exact) mass is 565 g/mol. The molecule has 1 heterocycles. The Hall–Kier alpha value is -0.780. The standard InChI is InChI=1S/C27H33ClNS.HI/c28-26-16-8-6-15-24(26)21-30-25-19-23-14-7-9-17-27(23)29(20-25)18-10-2-5-13-22-11-3-1-4-12-22;/h6-9,14-17,19-20,22H,1-5,10-13,18,21H2;1H/q+1;/p-1. The van der Waals surface area contributed by atoms with Crippen molar-refractivity contribution >= 4 is 34.3 Å². The highest BCUT2D eigenvalue weighted by atomic mass is 127. The van der Waals surface area contributed by atoms with Crippen LogP contribution in [0.2, 0.25) is 5.02 Å². The molecule has 0 amide bonds. The summed E-state index contributed by atoms with van der Waals surface area (Å²) in [5, 5.41) is 2.18. The van der Waals surface area contributed by atoms with Crippen molar-refractivity contribution in [2.45, 2.75) is 75.0 Å². The van der Waals surface area contributed by atoms with Crippen molar-refractivity contribution in [3.8, 4) is 0 Å². The molecule has 0 aliphatic heterocycles.